The molecule has 1 aliphatic heterocycles. The van der Waals surface area contributed by atoms with Crippen molar-refractivity contribution in [3.63, 3.8) is 0 Å². The van der Waals surface area contributed by atoms with Crippen molar-refractivity contribution in [2.45, 2.75) is 52.5 Å². The van der Waals surface area contributed by atoms with Gasteiger partial charge in [0, 0.05) is 25.8 Å². The van der Waals surface area contributed by atoms with Crippen molar-refractivity contribution in [3.8, 4) is 0 Å². The third-order valence-corrected chi connectivity index (χ3v) is 3.71. The molecule has 0 amide bonds. The lowest BCUT2D eigenvalue weighted by Crippen LogP contribution is -2.28. The average Bonchev–Trinajstić information content (AvgIpc) is 2.38. The van der Waals surface area contributed by atoms with E-state index in [0.29, 0.717) is 5.92 Å². The van der Waals surface area contributed by atoms with Crippen LogP contribution in [-0.2, 0) is 6.54 Å². The molecule has 0 radical (unpaired) electrons. The van der Waals surface area contributed by atoms with Crippen LogP contribution in [0.25, 0.3) is 0 Å². The van der Waals surface area contributed by atoms with Gasteiger partial charge >= 0.3 is 0 Å². The van der Waals surface area contributed by atoms with Crippen LogP contribution in [0.5, 0.6) is 0 Å². The van der Waals surface area contributed by atoms with Gasteiger partial charge in [0.25, 0.3) is 0 Å². The molecule has 0 aliphatic carbocycles. The van der Waals surface area contributed by atoms with E-state index >= 15 is 0 Å². The van der Waals surface area contributed by atoms with E-state index in [0.717, 1.165) is 37.7 Å². The molecule has 0 aromatic carbocycles. The Kier molecular flexibility index (Phi) is 6.25. The molecule has 2 heterocycles. The highest BCUT2D eigenvalue weighted by Crippen LogP contribution is 2.16. The third kappa shape index (κ3) is 5.08. The summed E-state index contributed by atoms with van der Waals surface area (Å²) >= 11 is 0. The fourth-order valence-corrected chi connectivity index (χ4v) is 2.60. The van der Waals surface area contributed by atoms with Gasteiger partial charge in [-0.15, -0.1) is 0 Å². The zero-order valence-electron chi connectivity index (χ0n) is 12.9. The van der Waals surface area contributed by atoms with E-state index in [9.17, 15) is 0 Å². The molecule has 0 unspecified atom stereocenters. The SMILES string of the molecule is CC(C)CNCc1cncc(N2CCCCCCC2)n1. The van der Waals surface area contributed by atoms with Gasteiger partial charge in [-0.25, -0.2) is 4.98 Å². The molecule has 0 atom stereocenters. The number of nitrogens with one attached hydrogen (secondary N) is 1. The fraction of sp³-hybridized carbons (Fsp3) is 0.750. The van der Waals surface area contributed by atoms with E-state index < -0.39 is 0 Å². The maximum absolute atomic E-state index is 4.77. The average molecular weight is 276 g/mol. The van der Waals surface area contributed by atoms with Gasteiger partial charge in [0.15, 0.2) is 0 Å². The Morgan fingerprint density at radius 2 is 1.80 bits per heavy atom. The van der Waals surface area contributed by atoms with Crippen LogP contribution in [0.1, 0.15) is 51.6 Å². The Labute approximate surface area is 123 Å². The van der Waals surface area contributed by atoms with E-state index in [4.69, 9.17) is 4.98 Å². The molecule has 0 bridgehead atoms. The van der Waals surface area contributed by atoms with Crippen molar-refractivity contribution in [1.82, 2.24) is 15.3 Å². The summed E-state index contributed by atoms with van der Waals surface area (Å²) in [5, 5.41) is 3.43. The second-order valence-corrected chi connectivity index (χ2v) is 6.15. The van der Waals surface area contributed by atoms with Crippen LogP contribution < -0.4 is 10.2 Å². The monoisotopic (exact) mass is 276 g/mol. The zero-order valence-corrected chi connectivity index (χ0v) is 12.9. The van der Waals surface area contributed by atoms with Crippen molar-refractivity contribution in [1.29, 1.82) is 0 Å². The van der Waals surface area contributed by atoms with Gasteiger partial charge in [-0.05, 0) is 25.3 Å². The van der Waals surface area contributed by atoms with Gasteiger partial charge in [0.1, 0.15) is 5.82 Å². The first-order chi connectivity index (χ1) is 9.75. The van der Waals surface area contributed by atoms with Crippen molar-refractivity contribution in [3.05, 3.63) is 18.1 Å². The van der Waals surface area contributed by atoms with Gasteiger partial charge in [0.2, 0.25) is 0 Å². The number of hydrogen-bond donors (Lipinski definition) is 1. The summed E-state index contributed by atoms with van der Waals surface area (Å²) in [7, 11) is 0. The molecule has 20 heavy (non-hydrogen) atoms. The molecule has 1 saturated heterocycles. The van der Waals surface area contributed by atoms with Crippen LogP contribution in [-0.4, -0.2) is 29.6 Å². The standard InChI is InChI=1S/C16H28N4/c1-14(2)10-17-11-15-12-18-13-16(19-15)20-8-6-4-3-5-7-9-20/h12-14,17H,3-11H2,1-2H3. The highest BCUT2D eigenvalue weighted by Gasteiger charge is 2.11. The third-order valence-electron chi connectivity index (χ3n) is 3.71. The van der Waals surface area contributed by atoms with Crippen LogP contribution in [0.4, 0.5) is 5.82 Å². The van der Waals surface area contributed by atoms with Crippen LogP contribution in [0.15, 0.2) is 12.4 Å². The Morgan fingerprint density at radius 3 is 2.50 bits per heavy atom. The molecule has 0 saturated carbocycles. The quantitative estimate of drug-likeness (QED) is 0.897. The van der Waals surface area contributed by atoms with Gasteiger partial charge in [-0.3, -0.25) is 4.98 Å². The maximum atomic E-state index is 4.77. The first-order valence-electron chi connectivity index (χ1n) is 8.02. The van der Waals surface area contributed by atoms with Crippen LogP contribution >= 0.6 is 0 Å². The minimum Gasteiger partial charge on any atom is -0.355 e. The second-order valence-electron chi connectivity index (χ2n) is 6.15. The Balaban J connectivity index is 1.93. The molecule has 1 aromatic heterocycles. The lowest BCUT2D eigenvalue weighted by Gasteiger charge is -2.25. The molecular weight excluding hydrogens is 248 g/mol. The summed E-state index contributed by atoms with van der Waals surface area (Å²) in [5.41, 5.74) is 1.05. The van der Waals surface area contributed by atoms with Crippen LogP contribution in [0.3, 0.4) is 0 Å². The smallest absolute Gasteiger partial charge is 0.147 e. The zero-order chi connectivity index (χ0) is 14.2. The number of aromatic nitrogens is 2. The van der Waals surface area contributed by atoms with Crippen LogP contribution in [0.2, 0.25) is 0 Å². The van der Waals surface area contributed by atoms with Gasteiger partial charge < -0.3 is 10.2 Å². The van der Waals surface area contributed by atoms with E-state index in [2.05, 4.69) is 29.0 Å². The van der Waals surface area contributed by atoms with E-state index in [-0.39, 0.29) is 0 Å². The first kappa shape index (κ1) is 15.2. The van der Waals surface area contributed by atoms with E-state index in [1.54, 1.807) is 0 Å². The van der Waals surface area contributed by atoms with Crippen LogP contribution in [0, 0.1) is 5.92 Å². The second kappa shape index (κ2) is 8.20. The van der Waals surface area contributed by atoms with Crippen molar-refractivity contribution in [2.24, 2.45) is 5.92 Å². The predicted molar refractivity (Wildman–Crippen MR) is 83.9 cm³/mol. The summed E-state index contributed by atoms with van der Waals surface area (Å²) in [4.78, 5) is 11.5. The number of hydrogen-bond acceptors (Lipinski definition) is 4. The number of rotatable bonds is 5. The minimum absolute atomic E-state index is 0.667. The largest absolute Gasteiger partial charge is 0.355 e. The van der Waals surface area contributed by atoms with E-state index in [1.165, 1.54) is 32.1 Å². The Bertz CT molecular complexity index is 384. The number of nitrogens with zero attached hydrogens (tertiary/aromatic N) is 3. The Morgan fingerprint density at radius 1 is 1.10 bits per heavy atom. The summed E-state index contributed by atoms with van der Waals surface area (Å²) in [5.74, 6) is 1.72. The topological polar surface area (TPSA) is 41.1 Å². The molecule has 4 nitrogen and oxygen atoms in total. The van der Waals surface area contributed by atoms with Gasteiger partial charge in [-0.1, -0.05) is 33.1 Å². The molecule has 1 fully saturated rings. The summed E-state index contributed by atoms with van der Waals surface area (Å²) in [6.45, 7) is 8.52. The first-order valence-corrected chi connectivity index (χ1v) is 8.02. The normalized spacial score (nSPS) is 17.1. The highest BCUT2D eigenvalue weighted by atomic mass is 15.2. The Hall–Kier alpha value is -1.16. The van der Waals surface area contributed by atoms with Crippen molar-refractivity contribution < 1.29 is 0 Å². The molecule has 2 rings (SSSR count). The molecule has 112 valence electrons. The molecule has 4 heteroatoms. The summed E-state index contributed by atoms with van der Waals surface area (Å²) < 4.78 is 0. The molecule has 1 aromatic rings. The summed E-state index contributed by atoms with van der Waals surface area (Å²) in [6.07, 6.45) is 10.4. The molecule has 1 aliphatic rings. The maximum Gasteiger partial charge on any atom is 0.147 e. The van der Waals surface area contributed by atoms with Gasteiger partial charge in [-0.2, -0.15) is 0 Å². The minimum atomic E-state index is 0.667. The molecule has 0 spiro atoms. The number of anilines is 1. The molecular formula is C16H28N4. The van der Waals surface area contributed by atoms with Crippen molar-refractivity contribution in [2.75, 3.05) is 24.5 Å². The van der Waals surface area contributed by atoms with Crippen molar-refractivity contribution >= 4 is 5.82 Å². The van der Waals surface area contributed by atoms with E-state index in [1.807, 2.05) is 12.4 Å². The fourth-order valence-electron chi connectivity index (χ4n) is 2.60. The molecule has 1 N–H and O–H groups in total. The highest BCUT2D eigenvalue weighted by molar-refractivity contribution is 5.36. The lowest BCUT2D eigenvalue weighted by molar-refractivity contribution is 0.542. The predicted octanol–water partition coefficient (Wildman–Crippen LogP) is 2.99. The lowest BCUT2D eigenvalue weighted by atomic mass is 10.1. The summed E-state index contributed by atoms with van der Waals surface area (Å²) in [6, 6.07) is 0. The van der Waals surface area contributed by atoms with Gasteiger partial charge in [0.05, 0.1) is 11.9 Å².